The zero-order chi connectivity index (χ0) is 20.4. The van der Waals surface area contributed by atoms with Crippen molar-refractivity contribution in [2.24, 2.45) is 0 Å². The van der Waals surface area contributed by atoms with Gasteiger partial charge in [0, 0.05) is 16.9 Å². The number of halogens is 1. The standard InChI is InChI=1S/C23H19ClN2O2S/c1-15-8-2-7-13-20(15)26-21(27)14-29-23(26)17-10-4-6-12-19(17)25-22(28)16-9-3-5-11-18(16)24/h2-13,23H,14H2,1H3,(H,25,28)/t23-/m0/s1. The summed E-state index contributed by atoms with van der Waals surface area (Å²) in [5.41, 5.74) is 3.88. The molecule has 0 radical (unpaired) electrons. The Morgan fingerprint density at radius 2 is 1.72 bits per heavy atom. The van der Waals surface area contributed by atoms with Gasteiger partial charge in [0.1, 0.15) is 5.37 Å². The molecule has 29 heavy (non-hydrogen) atoms. The van der Waals surface area contributed by atoms with E-state index in [9.17, 15) is 9.59 Å². The highest BCUT2D eigenvalue weighted by atomic mass is 35.5. The number of thioether (sulfide) groups is 1. The molecule has 1 atom stereocenters. The highest BCUT2D eigenvalue weighted by molar-refractivity contribution is 8.00. The molecule has 2 amide bonds. The molecule has 146 valence electrons. The fourth-order valence-corrected chi connectivity index (χ4v) is 4.84. The Morgan fingerprint density at radius 3 is 2.52 bits per heavy atom. The summed E-state index contributed by atoms with van der Waals surface area (Å²) in [5.74, 6) is 0.174. The predicted octanol–water partition coefficient (Wildman–Crippen LogP) is 5.68. The van der Waals surface area contributed by atoms with Gasteiger partial charge in [0.25, 0.3) is 5.91 Å². The molecule has 1 N–H and O–H groups in total. The first-order valence-electron chi connectivity index (χ1n) is 9.20. The summed E-state index contributed by atoms with van der Waals surface area (Å²) in [5, 5.41) is 3.15. The maximum atomic E-state index is 12.8. The van der Waals surface area contributed by atoms with Gasteiger partial charge in [0.2, 0.25) is 5.91 Å². The highest BCUT2D eigenvalue weighted by Crippen LogP contribution is 2.45. The normalized spacial score (nSPS) is 16.1. The number of hydrogen-bond acceptors (Lipinski definition) is 3. The Hall–Kier alpha value is -2.76. The van der Waals surface area contributed by atoms with Crippen molar-refractivity contribution in [2.75, 3.05) is 16.0 Å². The third-order valence-corrected chi connectivity index (χ3v) is 6.36. The van der Waals surface area contributed by atoms with E-state index in [1.165, 1.54) is 0 Å². The number of para-hydroxylation sites is 2. The molecule has 4 nitrogen and oxygen atoms in total. The van der Waals surface area contributed by atoms with Gasteiger partial charge in [-0.1, -0.05) is 60.1 Å². The molecular weight excluding hydrogens is 404 g/mol. The average molecular weight is 423 g/mol. The van der Waals surface area contributed by atoms with Crippen LogP contribution in [0.1, 0.15) is 26.9 Å². The third-order valence-electron chi connectivity index (χ3n) is 4.84. The number of benzene rings is 3. The number of amides is 2. The molecule has 3 aromatic carbocycles. The summed E-state index contributed by atoms with van der Waals surface area (Å²) < 4.78 is 0. The average Bonchev–Trinajstić information content (AvgIpc) is 3.10. The fraction of sp³-hybridized carbons (Fsp3) is 0.130. The van der Waals surface area contributed by atoms with Crippen molar-refractivity contribution in [3.05, 3.63) is 94.5 Å². The van der Waals surface area contributed by atoms with E-state index in [0.717, 1.165) is 16.8 Å². The maximum absolute atomic E-state index is 12.8. The summed E-state index contributed by atoms with van der Waals surface area (Å²) in [6.07, 6.45) is 0. The first kappa shape index (κ1) is 19.6. The fourth-order valence-electron chi connectivity index (χ4n) is 3.41. The third kappa shape index (κ3) is 3.88. The van der Waals surface area contributed by atoms with Gasteiger partial charge in [-0.05, 0) is 36.8 Å². The van der Waals surface area contributed by atoms with E-state index >= 15 is 0 Å². The van der Waals surface area contributed by atoms with Crippen molar-refractivity contribution < 1.29 is 9.59 Å². The van der Waals surface area contributed by atoms with Crippen LogP contribution in [0.2, 0.25) is 5.02 Å². The van der Waals surface area contributed by atoms with E-state index in [1.807, 2.05) is 60.4 Å². The first-order valence-corrected chi connectivity index (χ1v) is 10.6. The number of rotatable bonds is 4. The van der Waals surface area contributed by atoms with Crippen LogP contribution < -0.4 is 10.2 Å². The largest absolute Gasteiger partial charge is 0.322 e. The smallest absolute Gasteiger partial charge is 0.257 e. The van der Waals surface area contributed by atoms with Crippen LogP contribution in [0.4, 0.5) is 11.4 Å². The second-order valence-corrected chi connectivity index (χ2v) is 8.21. The topological polar surface area (TPSA) is 49.4 Å². The molecule has 4 rings (SSSR count). The van der Waals surface area contributed by atoms with Crippen molar-refractivity contribution in [3.63, 3.8) is 0 Å². The Balaban J connectivity index is 1.69. The monoisotopic (exact) mass is 422 g/mol. The van der Waals surface area contributed by atoms with Gasteiger partial charge in [-0.2, -0.15) is 0 Å². The van der Waals surface area contributed by atoms with Crippen LogP contribution >= 0.6 is 23.4 Å². The molecule has 3 aromatic rings. The SMILES string of the molecule is Cc1ccccc1N1C(=O)CS[C@H]1c1ccccc1NC(=O)c1ccccc1Cl. The number of carbonyl (C=O) groups excluding carboxylic acids is 2. The lowest BCUT2D eigenvalue weighted by Gasteiger charge is -2.27. The minimum absolute atomic E-state index is 0.0570. The Morgan fingerprint density at radius 1 is 1.03 bits per heavy atom. The number of carbonyl (C=O) groups is 2. The molecule has 0 spiro atoms. The Bertz CT molecular complexity index is 1090. The van der Waals surface area contributed by atoms with Crippen molar-refractivity contribution in [2.45, 2.75) is 12.3 Å². The van der Waals surface area contributed by atoms with E-state index < -0.39 is 0 Å². The zero-order valence-electron chi connectivity index (χ0n) is 15.8. The maximum Gasteiger partial charge on any atom is 0.257 e. The number of anilines is 2. The molecule has 1 aliphatic heterocycles. The van der Waals surface area contributed by atoms with Crippen molar-refractivity contribution in [3.8, 4) is 0 Å². The van der Waals surface area contributed by atoms with Gasteiger partial charge in [0.15, 0.2) is 0 Å². The van der Waals surface area contributed by atoms with Crippen LogP contribution in [0.3, 0.4) is 0 Å². The van der Waals surface area contributed by atoms with E-state index in [-0.39, 0.29) is 17.2 Å². The first-order chi connectivity index (χ1) is 14.1. The van der Waals surface area contributed by atoms with Gasteiger partial charge in [-0.15, -0.1) is 11.8 Å². The summed E-state index contributed by atoms with van der Waals surface area (Å²) in [6.45, 7) is 1.99. The van der Waals surface area contributed by atoms with Gasteiger partial charge < -0.3 is 5.32 Å². The van der Waals surface area contributed by atoms with E-state index in [4.69, 9.17) is 11.6 Å². The lowest BCUT2D eigenvalue weighted by atomic mass is 10.1. The molecule has 0 aliphatic carbocycles. The van der Waals surface area contributed by atoms with Crippen molar-refractivity contribution >= 4 is 46.6 Å². The van der Waals surface area contributed by atoms with Crippen LogP contribution in [-0.4, -0.2) is 17.6 Å². The molecule has 0 saturated carbocycles. The number of nitrogens with zero attached hydrogens (tertiary/aromatic N) is 1. The molecule has 0 unspecified atom stereocenters. The minimum atomic E-state index is -0.278. The van der Waals surface area contributed by atoms with Gasteiger partial charge >= 0.3 is 0 Å². The summed E-state index contributed by atoms with van der Waals surface area (Å²) in [7, 11) is 0. The summed E-state index contributed by atoms with van der Waals surface area (Å²) in [6, 6.07) is 22.4. The number of aryl methyl sites for hydroxylation is 1. The molecular formula is C23H19ClN2O2S. The number of nitrogens with one attached hydrogen (secondary N) is 1. The molecule has 1 heterocycles. The van der Waals surface area contributed by atoms with Crippen molar-refractivity contribution in [1.29, 1.82) is 0 Å². The van der Waals surface area contributed by atoms with E-state index in [1.54, 1.807) is 36.0 Å². The van der Waals surface area contributed by atoms with Crippen molar-refractivity contribution in [1.82, 2.24) is 0 Å². The molecule has 1 aliphatic rings. The van der Waals surface area contributed by atoms with Crippen LogP contribution in [0.5, 0.6) is 0 Å². The van der Waals surface area contributed by atoms with Gasteiger partial charge in [-0.3, -0.25) is 14.5 Å². The van der Waals surface area contributed by atoms with Gasteiger partial charge in [-0.25, -0.2) is 0 Å². The second kappa shape index (κ2) is 8.31. The number of hydrogen-bond donors (Lipinski definition) is 1. The minimum Gasteiger partial charge on any atom is -0.322 e. The molecule has 0 aromatic heterocycles. The summed E-state index contributed by atoms with van der Waals surface area (Å²) in [4.78, 5) is 27.3. The molecule has 1 fully saturated rings. The van der Waals surface area contributed by atoms with Crippen LogP contribution in [0, 0.1) is 6.92 Å². The molecule has 1 saturated heterocycles. The van der Waals surface area contributed by atoms with E-state index in [2.05, 4.69) is 5.32 Å². The zero-order valence-corrected chi connectivity index (χ0v) is 17.3. The Labute approximate surface area is 178 Å². The molecule has 6 heteroatoms. The highest BCUT2D eigenvalue weighted by Gasteiger charge is 2.36. The lowest BCUT2D eigenvalue weighted by Crippen LogP contribution is -2.29. The second-order valence-electron chi connectivity index (χ2n) is 6.73. The predicted molar refractivity (Wildman–Crippen MR) is 120 cm³/mol. The summed E-state index contributed by atoms with van der Waals surface area (Å²) >= 11 is 7.73. The van der Waals surface area contributed by atoms with Crippen LogP contribution in [0.15, 0.2) is 72.8 Å². The van der Waals surface area contributed by atoms with E-state index in [0.29, 0.717) is 22.0 Å². The lowest BCUT2D eigenvalue weighted by molar-refractivity contribution is -0.115. The van der Waals surface area contributed by atoms with Gasteiger partial charge in [0.05, 0.1) is 16.3 Å². The molecule has 0 bridgehead atoms. The van der Waals surface area contributed by atoms with Crippen LogP contribution in [0.25, 0.3) is 0 Å². The quantitative estimate of drug-likeness (QED) is 0.588. The van der Waals surface area contributed by atoms with Crippen LogP contribution in [-0.2, 0) is 4.79 Å². The Kier molecular flexibility index (Phi) is 5.60.